The minimum atomic E-state index is -0.360. The molecule has 1 aliphatic carbocycles. The molecule has 0 radical (unpaired) electrons. The first-order chi connectivity index (χ1) is 6.29. The molecule has 1 N–H and O–H groups in total. The lowest BCUT2D eigenvalue weighted by atomic mass is 10.2. The van der Waals surface area contributed by atoms with Gasteiger partial charge in [0.2, 0.25) is 0 Å². The van der Waals surface area contributed by atoms with Crippen molar-refractivity contribution in [2.24, 2.45) is 0 Å². The van der Waals surface area contributed by atoms with E-state index in [2.05, 4.69) is 0 Å². The molecule has 0 heterocycles. The molecule has 0 unspecified atom stereocenters. The van der Waals surface area contributed by atoms with E-state index in [-0.39, 0.29) is 25.2 Å². The molecule has 1 aliphatic rings. The van der Waals surface area contributed by atoms with Gasteiger partial charge >= 0.3 is 0 Å². The maximum absolute atomic E-state index is 9.55. The highest BCUT2D eigenvalue weighted by Crippen LogP contribution is 2.23. The van der Waals surface area contributed by atoms with Gasteiger partial charge in [-0.05, 0) is 19.3 Å². The van der Waals surface area contributed by atoms with Gasteiger partial charge in [-0.2, -0.15) is 10.5 Å². The van der Waals surface area contributed by atoms with Crippen LogP contribution in [0.3, 0.4) is 0 Å². The van der Waals surface area contributed by atoms with E-state index in [1.807, 2.05) is 12.1 Å². The van der Waals surface area contributed by atoms with E-state index in [9.17, 15) is 5.11 Å². The molecule has 0 saturated heterocycles. The van der Waals surface area contributed by atoms with Crippen molar-refractivity contribution < 1.29 is 5.11 Å². The molecule has 0 aromatic rings. The summed E-state index contributed by atoms with van der Waals surface area (Å²) in [6.45, 7) is 0.463. The maximum atomic E-state index is 9.55. The second-order valence-electron chi connectivity index (χ2n) is 3.29. The smallest absolute Gasteiger partial charge is 0.0877 e. The first kappa shape index (κ1) is 9.98. The molecule has 13 heavy (non-hydrogen) atoms. The highest BCUT2D eigenvalue weighted by Gasteiger charge is 2.30. The van der Waals surface area contributed by atoms with Crippen LogP contribution in [0, 0.1) is 22.7 Å². The van der Waals surface area contributed by atoms with Crippen LogP contribution < -0.4 is 0 Å². The number of nitriles is 2. The van der Waals surface area contributed by atoms with Crippen molar-refractivity contribution in [3.8, 4) is 12.1 Å². The van der Waals surface area contributed by atoms with E-state index < -0.39 is 0 Å². The zero-order valence-corrected chi connectivity index (χ0v) is 7.48. The van der Waals surface area contributed by atoms with E-state index in [1.54, 1.807) is 4.90 Å². The summed E-state index contributed by atoms with van der Waals surface area (Å²) in [6, 6.07) is 4.04. The van der Waals surface area contributed by atoms with Gasteiger partial charge in [0.05, 0.1) is 31.3 Å². The van der Waals surface area contributed by atoms with Crippen molar-refractivity contribution in [1.29, 1.82) is 10.5 Å². The molecule has 2 atom stereocenters. The summed E-state index contributed by atoms with van der Waals surface area (Å²) < 4.78 is 0. The molecule has 4 nitrogen and oxygen atoms in total. The third-order valence-electron chi connectivity index (χ3n) is 2.46. The third kappa shape index (κ3) is 2.42. The van der Waals surface area contributed by atoms with Crippen molar-refractivity contribution in [3.63, 3.8) is 0 Å². The minimum absolute atomic E-state index is 0.0132. The van der Waals surface area contributed by atoms with E-state index in [0.717, 1.165) is 19.3 Å². The normalized spacial score (nSPS) is 27.1. The number of rotatable bonds is 3. The second-order valence-corrected chi connectivity index (χ2v) is 3.29. The quantitative estimate of drug-likeness (QED) is 0.630. The SMILES string of the molecule is N#CCN(CC#N)[C@@H]1CCC[C@H]1O. The zero-order chi connectivity index (χ0) is 9.68. The van der Waals surface area contributed by atoms with E-state index in [4.69, 9.17) is 10.5 Å². The molecule has 1 rings (SSSR count). The lowest BCUT2D eigenvalue weighted by Crippen LogP contribution is -2.40. The molecule has 0 spiro atoms. The van der Waals surface area contributed by atoms with Gasteiger partial charge < -0.3 is 5.11 Å². The average molecular weight is 179 g/mol. The lowest BCUT2D eigenvalue weighted by molar-refractivity contribution is 0.0863. The van der Waals surface area contributed by atoms with E-state index in [0.29, 0.717) is 0 Å². The number of aliphatic hydroxyl groups excluding tert-OH is 1. The lowest BCUT2D eigenvalue weighted by Gasteiger charge is -2.25. The predicted octanol–water partition coefficient (Wildman–Crippen LogP) is 0.249. The first-order valence-corrected chi connectivity index (χ1v) is 4.45. The highest BCUT2D eigenvalue weighted by molar-refractivity contribution is 4.93. The third-order valence-corrected chi connectivity index (χ3v) is 2.46. The Morgan fingerprint density at radius 2 is 1.85 bits per heavy atom. The van der Waals surface area contributed by atoms with Crippen LogP contribution in [0.4, 0.5) is 0 Å². The van der Waals surface area contributed by atoms with Crippen LogP contribution >= 0.6 is 0 Å². The Kier molecular flexibility index (Phi) is 3.70. The van der Waals surface area contributed by atoms with Gasteiger partial charge in [-0.3, -0.25) is 4.90 Å². The molecule has 0 bridgehead atoms. The molecule has 1 fully saturated rings. The van der Waals surface area contributed by atoms with Crippen LogP contribution in [0.1, 0.15) is 19.3 Å². The van der Waals surface area contributed by atoms with Crippen molar-refractivity contribution >= 4 is 0 Å². The van der Waals surface area contributed by atoms with E-state index in [1.165, 1.54) is 0 Å². The van der Waals surface area contributed by atoms with Gasteiger partial charge in [-0.25, -0.2) is 0 Å². The Hall–Kier alpha value is -1.10. The van der Waals surface area contributed by atoms with Crippen molar-refractivity contribution in [1.82, 2.24) is 4.90 Å². The zero-order valence-electron chi connectivity index (χ0n) is 7.48. The van der Waals surface area contributed by atoms with Crippen LogP contribution in [-0.2, 0) is 0 Å². The van der Waals surface area contributed by atoms with E-state index >= 15 is 0 Å². The highest BCUT2D eigenvalue weighted by atomic mass is 16.3. The summed E-state index contributed by atoms with van der Waals surface area (Å²) in [5.74, 6) is 0. The number of hydrogen-bond acceptors (Lipinski definition) is 4. The summed E-state index contributed by atoms with van der Waals surface area (Å²) >= 11 is 0. The van der Waals surface area contributed by atoms with Crippen LogP contribution in [0.5, 0.6) is 0 Å². The van der Waals surface area contributed by atoms with Gasteiger partial charge in [-0.15, -0.1) is 0 Å². The average Bonchev–Trinajstić information content (AvgIpc) is 2.51. The minimum Gasteiger partial charge on any atom is -0.391 e. The summed E-state index contributed by atoms with van der Waals surface area (Å²) in [4.78, 5) is 1.75. The molecule has 0 amide bonds. The van der Waals surface area contributed by atoms with Crippen LogP contribution in [0.15, 0.2) is 0 Å². The van der Waals surface area contributed by atoms with Crippen molar-refractivity contribution in [2.75, 3.05) is 13.1 Å². The van der Waals surface area contributed by atoms with Gasteiger partial charge in [0, 0.05) is 6.04 Å². The molecule has 0 aliphatic heterocycles. The topological polar surface area (TPSA) is 71.0 Å². The summed E-state index contributed by atoms with van der Waals surface area (Å²) in [5, 5.41) is 26.6. The standard InChI is InChI=1S/C9H13N3O/c10-4-6-12(7-5-11)8-2-1-3-9(8)13/h8-9,13H,1-3,6-7H2/t8-,9-/m1/s1. The molecule has 0 aromatic heterocycles. The predicted molar refractivity (Wildman–Crippen MR) is 46.4 cm³/mol. The Morgan fingerprint density at radius 1 is 1.23 bits per heavy atom. The number of hydrogen-bond donors (Lipinski definition) is 1. The Labute approximate surface area is 78.0 Å². The Morgan fingerprint density at radius 3 is 2.23 bits per heavy atom. The van der Waals surface area contributed by atoms with Gasteiger partial charge in [0.1, 0.15) is 0 Å². The first-order valence-electron chi connectivity index (χ1n) is 4.45. The summed E-state index contributed by atoms with van der Waals surface area (Å²) in [6.07, 6.45) is 2.31. The Balaban J connectivity index is 2.54. The van der Waals surface area contributed by atoms with Crippen molar-refractivity contribution in [2.45, 2.75) is 31.4 Å². The fourth-order valence-corrected chi connectivity index (χ4v) is 1.82. The monoisotopic (exact) mass is 179 g/mol. The molecule has 70 valence electrons. The van der Waals surface area contributed by atoms with Gasteiger partial charge in [-0.1, -0.05) is 0 Å². The molecule has 4 heteroatoms. The molecular formula is C9H13N3O. The van der Waals surface area contributed by atoms with Crippen molar-refractivity contribution in [3.05, 3.63) is 0 Å². The molecular weight excluding hydrogens is 166 g/mol. The number of aliphatic hydroxyl groups is 1. The van der Waals surface area contributed by atoms with Gasteiger partial charge in [0.25, 0.3) is 0 Å². The van der Waals surface area contributed by atoms with Crippen LogP contribution in [0.2, 0.25) is 0 Å². The maximum Gasteiger partial charge on any atom is 0.0877 e. The second kappa shape index (κ2) is 4.81. The molecule has 1 saturated carbocycles. The summed E-state index contributed by atoms with van der Waals surface area (Å²) in [7, 11) is 0. The Bertz CT molecular complexity index is 224. The molecule has 0 aromatic carbocycles. The van der Waals surface area contributed by atoms with Gasteiger partial charge in [0.15, 0.2) is 0 Å². The van der Waals surface area contributed by atoms with Crippen LogP contribution in [0.25, 0.3) is 0 Å². The number of nitrogens with zero attached hydrogens (tertiary/aromatic N) is 3. The van der Waals surface area contributed by atoms with Crippen LogP contribution in [-0.4, -0.2) is 35.2 Å². The largest absolute Gasteiger partial charge is 0.391 e. The summed E-state index contributed by atoms with van der Waals surface area (Å²) in [5.41, 5.74) is 0. The fourth-order valence-electron chi connectivity index (χ4n) is 1.82. The fraction of sp³-hybridized carbons (Fsp3) is 0.778.